The summed E-state index contributed by atoms with van der Waals surface area (Å²) >= 11 is 5.34. The molecule has 2 aromatic rings. The predicted octanol–water partition coefficient (Wildman–Crippen LogP) is 2.97. The molecule has 1 N–H and O–H groups in total. The number of nitrogens with one attached hydrogen (secondary N) is 1. The summed E-state index contributed by atoms with van der Waals surface area (Å²) in [4.78, 5) is 15.0. The van der Waals surface area contributed by atoms with Crippen molar-refractivity contribution in [2.75, 3.05) is 4.72 Å². The molecule has 2 heterocycles. The highest BCUT2D eigenvalue weighted by molar-refractivity contribution is 9.10. The summed E-state index contributed by atoms with van der Waals surface area (Å²) in [6.07, 6.45) is 0. The van der Waals surface area contributed by atoms with Gasteiger partial charge in [0.2, 0.25) is 0 Å². The number of ketones is 1. The van der Waals surface area contributed by atoms with E-state index in [1.165, 1.54) is 12.3 Å². The molecule has 0 fully saturated rings. The van der Waals surface area contributed by atoms with Crippen LogP contribution in [0.4, 0.5) is 5.13 Å². The zero-order valence-electron chi connectivity index (χ0n) is 9.01. The Morgan fingerprint density at radius 2 is 2.17 bits per heavy atom. The summed E-state index contributed by atoms with van der Waals surface area (Å²) < 4.78 is 27.1. The summed E-state index contributed by atoms with van der Waals surface area (Å²) in [6.45, 7) is 1.38. The van der Waals surface area contributed by atoms with Crippen molar-refractivity contribution in [2.45, 2.75) is 11.1 Å². The summed E-state index contributed by atoms with van der Waals surface area (Å²) in [6, 6.07) is 1.65. The first-order chi connectivity index (χ1) is 8.40. The molecule has 0 spiro atoms. The lowest BCUT2D eigenvalue weighted by atomic mass is 10.4. The Morgan fingerprint density at radius 1 is 1.44 bits per heavy atom. The fourth-order valence-corrected chi connectivity index (χ4v) is 5.46. The molecular weight excluding hydrogens is 360 g/mol. The number of aromatic nitrogens is 1. The molecule has 2 rings (SSSR count). The van der Waals surface area contributed by atoms with Gasteiger partial charge >= 0.3 is 0 Å². The Kier molecular flexibility index (Phi) is 3.85. The minimum Gasteiger partial charge on any atom is -0.293 e. The van der Waals surface area contributed by atoms with Gasteiger partial charge in [0.05, 0.1) is 0 Å². The normalized spacial score (nSPS) is 11.4. The molecule has 0 saturated heterocycles. The van der Waals surface area contributed by atoms with Gasteiger partial charge in [-0.2, -0.15) is 0 Å². The lowest BCUT2D eigenvalue weighted by Crippen LogP contribution is -2.12. The van der Waals surface area contributed by atoms with Crippen LogP contribution in [0.3, 0.4) is 0 Å². The van der Waals surface area contributed by atoms with E-state index in [0.717, 1.165) is 22.7 Å². The lowest BCUT2D eigenvalue weighted by Gasteiger charge is -2.02. The van der Waals surface area contributed by atoms with Crippen LogP contribution in [0.15, 0.2) is 25.5 Å². The van der Waals surface area contributed by atoms with Crippen LogP contribution >= 0.6 is 38.6 Å². The van der Waals surface area contributed by atoms with Gasteiger partial charge in [0, 0.05) is 16.8 Å². The average molecular weight is 367 g/mol. The Labute approximate surface area is 120 Å². The molecule has 0 unspecified atom stereocenters. The maximum Gasteiger partial charge on any atom is 0.274 e. The zero-order valence-corrected chi connectivity index (χ0v) is 13.0. The van der Waals surface area contributed by atoms with E-state index in [1.54, 1.807) is 11.4 Å². The molecule has 0 aromatic carbocycles. The van der Waals surface area contributed by atoms with Gasteiger partial charge in [-0.3, -0.25) is 9.52 Å². The second kappa shape index (κ2) is 5.08. The number of sulfonamides is 1. The highest BCUT2D eigenvalue weighted by atomic mass is 79.9. The number of thiophene rings is 1. The first-order valence-corrected chi connectivity index (χ1v) is 8.66. The first-order valence-electron chi connectivity index (χ1n) is 4.62. The highest BCUT2D eigenvalue weighted by Gasteiger charge is 2.21. The van der Waals surface area contributed by atoms with Crippen LogP contribution in [-0.2, 0) is 10.0 Å². The molecule has 0 aliphatic rings. The maximum atomic E-state index is 12.0. The third-order valence-corrected chi connectivity index (χ3v) is 6.81. The number of thiazole rings is 1. The number of carbonyl (C=O) groups excluding carboxylic acids is 1. The topological polar surface area (TPSA) is 76.1 Å². The molecule has 0 saturated carbocycles. The molecule has 9 heteroatoms. The van der Waals surface area contributed by atoms with Gasteiger partial charge < -0.3 is 0 Å². The largest absolute Gasteiger partial charge is 0.293 e. The van der Waals surface area contributed by atoms with Crippen molar-refractivity contribution in [3.8, 4) is 0 Å². The molecule has 5 nitrogen and oxygen atoms in total. The number of halogens is 1. The molecule has 2 aromatic heterocycles. The van der Waals surface area contributed by atoms with Crippen molar-refractivity contribution in [3.05, 3.63) is 27.0 Å². The summed E-state index contributed by atoms with van der Waals surface area (Å²) in [7, 11) is -3.65. The van der Waals surface area contributed by atoms with E-state index >= 15 is 0 Å². The van der Waals surface area contributed by atoms with E-state index < -0.39 is 10.0 Å². The molecule has 18 heavy (non-hydrogen) atoms. The summed E-state index contributed by atoms with van der Waals surface area (Å²) in [5.41, 5.74) is 0.253. The zero-order chi connectivity index (χ0) is 13.3. The SMILES string of the molecule is CC(=O)c1csc(NS(=O)(=O)c2sccc2Br)n1. The van der Waals surface area contributed by atoms with Gasteiger partial charge in [0.15, 0.2) is 15.1 Å². The van der Waals surface area contributed by atoms with E-state index in [9.17, 15) is 13.2 Å². The van der Waals surface area contributed by atoms with Gasteiger partial charge in [-0.1, -0.05) is 0 Å². The van der Waals surface area contributed by atoms with Crippen molar-refractivity contribution in [1.29, 1.82) is 0 Å². The molecular formula is C9H7BrN2O3S3. The molecule has 0 atom stereocenters. The molecule has 0 aliphatic heterocycles. The smallest absolute Gasteiger partial charge is 0.274 e. The molecule has 96 valence electrons. The molecule has 0 aliphatic carbocycles. The Morgan fingerprint density at radius 3 is 2.67 bits per heavy atom. The van der Waals surface area contributed by atoms with E-state index in [4.69, 9.17) is 0 Å². The number of hydrogen-bond acceptors (Lipinski definition) is 6. The van der Waals surface area contributed by atoms with E-state index in [0.29, 0.717) is 4.47 Å². The molecule has 0 bridgehead atoms. The predicted molar refractivity (Wildman–Crippen MR) is 74.9 cm³/mol. The highest BCUT2D eigenvalue weighted by Crippen LogP contribution is 2.29. The monoisotopic (exact) mass is 366 g/mol. The van der Waals surface area contributed by atoms with Crippen LogP contribution in [0.1, 0.15) is 17.4 Å². The lowest BCUT2D eigenvalue weighted by molar-refractivity contribution is 0.101. The second-order valence-electron chi connectivity index (χ2n) is 3.26. The Bertz CT molecular complexity index is 689. The van der Waals surface area contributed by atoms with Crippen LogP contribution in [0.5, 0.6) is 0 Å². The summed E-state index contributed by atoms with van der Waals surface area (Å²) in [5, 5.41) is 3.37. The van der Waals surface area contributed by atoms with Gasteiger partial charge in [0.25, 0.3) is 10.0 Å². The van der Waals surface area contributed by atoms with Crippen LogP contribution in [0.2, 0.25) is 0 Å². The van der Waals surface area contributed by atoms with Gasteiger partial charge in [-0.05, 0) is 27.4 Å². The van der Waals surface area contributed by atoms with Crippen molar-refractivity contribution >= 4 is 59.5 Å². The number of nitrogens with zero attached hydrogens (tertiary/aromatic N) is 1. The second-order valence-corrected chi connectivity index (χ2v) is 7.76. The average Bonchev–Trinajstić information content (AvgIpc) is 2.86. The minimum atomic E-state index is -3.65. The van der Waals surface area contributed by atoms with E-state index in [1.807, 2.05) is 0 Å². The van der Waals surface area contributed by atoms with Crippen molar-refractivity contribution in [2.24, 2.45) is 0 Å². The van der Waals surface area contributed by atoms with E-state index in [2.05, 4.69) is 25.6 Å². The number of carbonyl (C=O) groups is 1. The van der Waals surface area contributed by atoms with Crippen LogP contribution in [0, 0.1) is 0 Å². The first kappa shape index (κ1) is 13.7. The van der Waals surface area contributed by atoms with Crippen molar-refractivity contribution < 1.29 is 13.2 Å². The quantitative estimate of drug-likeness (QED) is 0.843. The third-order valence-electron chi connectivity index (χ3n) is 1.92. The number of anilines is 1. The fraction of sp³-hybridized carbons (Fsp3) is 0.111. The van der Waals surface area contributed by atoms with Crippen LogP contribution in [-0.4, -0.2) is 19.2 Å². The number of Topliss-reactive ketones (excluding diaryl/α,β-unsaturated/α-hetero) is 1. The van der Waals surface area contributed by atoms with Gasteiger partial charge in [-0.15, -0.1) is 22.7 Å². The maximum absolute atomic E-state index is 12.0. The fourth-order valence-electron chi connectivity index (χ4n) is 1.12. The van der Waals surface area contributed by atoms with Crippen LogP contribution < -0.4 is 4.72 Å². The van der Waals surface area contributed by atoms with E-state index in [-0.39, 0.29) is 20.8 Å². The third kappa shape index (κ3) is 2.79. The summed E-state index contributed by atoms with van der Waals surface area (Å²) in [5.74, 6) is -0.200. The van der Waals surface area contributed by atoms with Gasteiger partial charge in [-0.25, -0.2) is 13.4 Å². The molecule has 0 amide bonds. The standard InChI is InChI=1S/C9H7BrN2O3S3/c1-5(13)7-4-17-9(11-7)12-18(14,15)8-6(10)2-3-16-8/h2-4H,1H3,(H,11,12). The minimum absolute atomic E-state index is 0.181. The van der Waals surface area contributed by atoms with Gasteiger partial charge in [0.1, 0.15) is 5.69 Å². The van der Waals surface area contributed by atoms with Crippen LogP contribution in [0.25, 0.3) is 0 Å². The van der Waals surface area contributed by atoms with Crippen molar-refractivity contribution in [3.63, 3.8) is 0 Å². The Balaban J connectivity index is 2.28. The molecule has 0 radical (unpaired) electrons. The number of hydrogen-bond donors (Lipinski definition) is 1. The Hall–Kier alpha value is -0.770. The number of rotatable bonds is 4. The van der Waals surface area contributed by atoms with Crippen molar-refractivity contribution in [1.82, 2.24) is 4.98 Å².